The number of benzene rings is 1. The van der Waals surface area contributed by atoms with Crippen molar-refractivity contribution in [1.29, 1.82) is 0 Å². The van der Waals surface area contributed by atoms with E-state index in [9.17, 15) is 4.39 Å². The van der Waals surface area contributed by atoms with Crippen molar-refractivity contribution in [2.75, 3.05) is 0 Å². The monoisotopic (exact) mass is 242 g/mol. The number of alkyl halides is 1. The molecule has 0 N–H and O–H groups in total. The van der Waals surface area contributed by atoms with E-state index in [2.05, 4.69) is 20.8 Å². The molecule has 1 aromatic carbocycles. The summed E-state index contributed by atoms with van der Waals surface area (Å²) in [6.07, 6.45) is 1.13. The van der Waals surface area contributed by atoms with Gasteiger partial charge in [0.1, 0.15) is 6.67 Å². The van der Waals surface area contributed by atoms with E-state index in [-0.39, 0.29) is 11.4 Å². The lowest BCUT2D eigenvalue weighted by atomic mass is 10.1. The molecule has 0 unspecified atom stereocenters. The van der Waals surface area contributed by atoms with E-state index in [0.717, 1.165) is 12.0 Å². The second-order valence-electron chi connectivity index (χ2n) is 3.99. The minimum Gasteiger partial charge on any atom is -0.246 e. The third kappa shape index (κ3) is 5.55. The van der Waals surface area contributed by atoms with Crippen LogP contribution in [-0.4, -0.2) is 4.75 Å². The van der Waals surface area contributed by atoms with Gasteiger partial charge in [-0.3, -0.25) is 0 Å². The summed E-state index contributed by atoms with van der Waals surface area (Å²) in [5.41, 5.74) is 0.753. The van der Waals surface area contributed by atoms with Gasteiger partial charge in [0.25, 0.3) is 0 Å². The topological polar surface area (TPSA) is 0 Å². The second kappa shape index (κ2) is 7.72. The van der Waals surface area contributed by atoms with E-state index >= 15 is 0 Å². The molecule has 0 bridgehead atoms. The van der Waals surface area contributed by atoms with Crippen LogP contribution in [0.25, 0.3) is 0 Å². The van der Waals surface area contributed by atoms with E-state index in [1.807, 2.05) is 49.9 Å². The second-order valence-corrected chi connectivity index (χ2v) is 5.77. The van der Waals surface area contributed by atoms with Gasteiger partial charge in [-0.2, -0.15) is 0 Å². The van der Waals surface area contributed by atoms with Crippen LogP contribution in [0.3, 0.4) is 0 Å². The first-order valence-electron chi connectivity index (χ1n) is 5.91. The van der Waals surface area contributed by atoms with Crippen LogP contribution in [0.1, 0.15) is 46.6 Å². The van der Waals surface area contributed by atoms with Crippen LogP contribution < -0.4 is 0 Å². The van der Waals surface area contributed by atoms with Gasteiger partial charge in [-0.15, -0.1) is 11.8 Å². The number of halogens is 1. The van der Waals surface area contributed by atoms with Crippen molar-refractivity contribution in [2.45, 2.75) is 57.4 Å². The van der Waals surface area contributed by atoms with Gasteiger partial charge in [0, 0.05) is 9.64 Å². The number of thioether (sulfide) groups is 1. The Balaban J connectivity index is 0.00000106. The molecule has 16 heavy (non-hydrogen) atoms. The number of rotatable bonds is 4. The van der Waals surface area contributed by atoms with Crippen molar-refractivity contribution in [2.24, 2.45) is 0 Å². The maximum absolute atomic E-state index is 12.3. The molecule has 0 heterocycles. The van der Waals surface area contributed by atoms with Gasteiger partial charge in [-0.1, -0.05) is 46.8 Å². The minimum absolute atomic E-state index is 0.261. The fraction of sp³-hybridized carbons (Fsp3) is 0.571. The number of hydrogen-bond acceptors (Lipinski definition) is 1. The molecule has 1 aromatic rings. The summed E-state index contributed by atoms with van der Waals surface area (Å²) in [6, 6.07) is 7.70. The molecule has 0 aromatic heterocycles. The Morgan fingerprint density at radius 2 is 1.62 bits per heavy atom. The summed E-state index contributed by atoms with van der Waals surface area (Å²) < 4.78 is 12.5. The normalized spacial score (nSPS) is 10.6. The van der Waals surface area contributed by atoms with Crippen molar-refractivity contribution < 1.29 is 4.39 Å². The Hall–Kier alpha value is -0.500. The highest BCUT2D eigenvalue weighted by Gasteiger charge is 2.16. The third-order valence-corrected chi connectivity index (χ3v) is 3.67. The molecule has 0 saturated carbocycles. The zero-order valence-electron chi connectivity index (χ0n) is 11.0. The first-order chi connectivity index (χ1) is 7.57. The van der Waals surface area contributed by atoms with Gasteiger partial charge in [0.2, 0.25) is 0 Å². The molecule has 0 fully saturated rings. The minimum atomic E-state index is -0.373. The molecular weight excluding hydrogens is 219 g/mol. The number of hydrogen-bond donors (Lipinski definition) is 0. The smallest absolute Gasteiger partial charge is 0.115 e. The third-order valence-electron chi connectivity index (χ3n) is 2.32. The Kier molecular flexibility index (Phi) is 7.48. The quantitative estimate of drug-likeness (QED) is 0.631. The van der Waals surface area contributed by atoms with E-state index in [1.165, 1.54) is 4.90 Å². The molecule has 0 aliphatic carbocycles. The molecule has 0 radical (unpaired) electrons. The van der Waals surface area contributed by atoms with Crippen LogP contribution in [0.15, 0.2) is 29.2 Å². The van der Waals surface area contributed by atoms with Crippen LogP contribution in [0.5, 0.6) is 0 Å². The molecule has 0 nitrogen and oxygen atoms in total. The van der Waals surface area contributed by atoms with E-state index in [4.69, 9.17) is 0 Å². The molecule has 0 spiro atoms. The predicted molar refractivity (Wildman–Crippen MR) is 72.8 cm³/mol. The maximum atomic E-state index is 12.3. The van der Waals surface area contributed by atoms with E-state index in [0.29, 0.717) is 0 Å². The predicted octanol–water partition coefficient (Wildman–Crippen LogP) is 5.46. The van der Waals surface area contributed by atoms with Gasteiger partial charge in [0.05, 0.1) is 0 Å². The summed E-state index contributed by atoms with van der Waals surface area (Å²) in [6.45, 7) is 10.3. The fourth-order valence-electron chi connectivity index (χ4n) is 1.04. The van der Waals surface area contributed by atoms with Crippen molar-refractivity contribution in [1.82, 2.24) is 0 Å². The Bertz CT molecular complexity index is 277. The Morgan fingerprint density at radius 3 is 2.00 bits per heavy atom. The first kappa shape index (κ1) is 15.5. The van der Waals surface area contributed by atoms with Crippen LogP contribution in [0.4, 0.5) is 4.39 Å². The highest BCUT2D eigenvalue weighted by atomic mass is 32.2. The van der Waals surface area contributed by atoms with Crippen LogP contribution in [-0.2, 0) is 6.67 Å². The molecule has 0 aliphatic rings. The lowest BCUT2D eigenvalue weighted by Crippen LogP contribution is -2.11. The molecular formula is C14H23FS. The Labute approximate surface area is 104 Å². The zero-order chi connectivity index (χ0) is 12.6. The molecule has 1 rings (SSSR count). The first-order valence-corrected chi connectivity index (χ1v) is 6.73. The summed E-state index contributed by atoms with van der Waals surface area (Å²) in [5.74, 6) is 0. The largest absolute Gasteiger partial charge is 0.246 e. The fourth-order valence-corrected chi connectivity index (χ4v) is 2.09. The lowest BCUT2D eigenvalue weighted by Gasteiger charge is -2.21. The molecule has 2 heteroatoms. The summed E-state index contributed by atoms with van der Waals surface area (Å²) in [7, 11) is 0. The highest BCUT2D eigenvalue weighted by molar-refractivity contribution is 8.00. The van der Waals surface area contributed by atoms with E-state index < -0.39 is 0 Å². The van der Waals surface area contributed by atoms with Crippen LogP contribution in [0.2, 0.25) is 0 Å². The van der Waals surface area contributed by atoms with Crippen molar-refractivity contribution in [3.63, 3.8) is 0 Å². The van der Waals surface area contributed by atoms with Crippen molar-refractivity contribution in [3.05, 3.63) is 29.8 Å². The standard InChI is InChI=1S/C12H17FS.C2H6/c1-4-12(2,3)14-11-7-5-10(9-13)6-8-11;1-2/h5-8H,4,9H2,1-3H3;1-2H3. The van der Waals surface area contributed by atoms with Crippen molar-refractivity contribution in [3.8, 4) is 0 Å². The van der Waals surface area contributed by atoms with Gasteiger partial charge >= 0.3 is 0 Å². The van der Waals surface area contributed by atoms with E-state index in [1.54, 1.807) is 0 Å². The zero-order valence-corrected chi connectivity index (χ0v) is 11.8. The van der Waals surface area contributed by atoms with Gasteiger partial charge in [-0.05, 0) is 24.1 Å². The molecule has 0 atom stereocenters. The van der Waals surface area contributed by atoms with Gasteiger partial charge in [0.15, 0.2) is 0 Å². The summed E-state index contributed by atoms with van der Waals surface area (Å²) >= 11 is 1.84. The van der Waals surface area contributed by atoms with Gasteiger partial charge in [-0.25, -0.2) is 4.39 Å². The van der Waals surface area contributed by atoms with Crippen LogP contribution in [0, 0.1) is 0 Å². The average Bonchev–Trinajstić information content (AvgIpc) is 2.32. The van der Waals surface area contributed by atoms with Gasteiger partial charge < -0.3 is 0 Å². The molecule has 0 saturated heterocycles. The van der Waals surface area contributed by atoms with Crippen molar-refractivity contribution >= 4 is 11.8 Å². The highest BCUT2D eigenvalue weighted by Crippen LogP contribution is 2.34. The van der Waals surface area contributed by atoms with Crippen LogP contribution >= 0.6 is 11.8 Å². The SMILES string of the molecule is CC.CCC(C)(C)Sc1ccc(CF)cc1. The molecule has 0 amide bonds. The maximum Gasteiger partial charge on any atom is 0.115 e. The average molecular weight is 242 g/mol. The summed E-state index contributed by atoms with van der Waals surface area (Å²) in [4.78, 5) is 1.22. The molecule has 92 valence electrons. The summed E-state index contributed by atoms with van der Waals surface area (Å²) in [5, 5.41) is 0. The molecule has 0 aliphatic heterocycles. The lowest BCUT2D eigenvalue weighted by molar-refractivity contribution is 0.485. The Morgan fingerprint density at radius 1 is 1.12 bits per heavy atom.